The first kappa shape index (κ1) is 23.6. The number of rotatable bonds is 8. The van der Waals surface area contributed by atoms with Crippen molar-refractivity contribution in [2.75, 3.05) is 47.4 Å². The van der Waals surface area contributed by atoms with E-state index in [-0.39, 0.29) is 17.1 Å². The van der Waals surface area contributed by atoms with Gasteiger partial charge in [0.15, 0.2) is 0 Å². The molecule has 6 heteroatoms. The normalized spacial score (nSPS) is 26.7. The Hall–Kier alpha value is -2.10. The number of methoxy groups -OCH3 is 1. The van der Waals surface area contributed by atoms with Gasteiger partial charge in [-0.25, -0.2) is 4.79 Å². The van der Waals surface area contributed by atoms with Crippen LogP contribution in [0.15, 0.2) is 30.3 Å². The molecule has 1 aromatic rings. The van der Waals surface area contributed by atoms with Gasteiger partial charge in [-0.15, -0.1) is 0 Å². The second-order valence-electron chi connectivity index (χ2n) is 10.1. The summed E-state index contributed by atoms with van der Waals surface area (Å²) in [5.41, 5.74) is 0.635. The van der Waals surface area contributed by atoms with E-state index in [0.717, 1.165) is 32.1 Å². The van der Waals surface area contributed by atoms with Gasteiger partial charge < -0.3 is 14.5 Å². The van der Waals surface area contributed by atoms with Crippen molar-refractivity contribution in [3.8, 4) is 6.07 Å². The van der Waals surface area contributed by atoms with E-state index in [2.05, 4.69) is 60.3 Å². The monoisotopic (exact) mass is 426 g/mol. The number of hydrogen-bond donors (Lipinski definition) is 0. The predicted molar refractivity (Wildman–Crippen MR) is 123 cm³/mol. The van der Waals surface area contributed by atoms with Crippen LogP contribution in [0.2, 0.25) is 0 Å². The average molecular weight is 427 g/mol. The van der Waals surface area contributed by atoms with Gasteiger partial charge in [0, 0.05) is 38.9 Å². The Morgan fingerprint density at radius 3 is 2.35 bits per heavy atom. The summed E-state index contributed by atoms with van der Waals surface area (Å²) in [6, 6.07) is 13.2. The van der Waals surface area contributed by atoms with Crippen LogP contribution in [-0.2, 0) is 10.3 Å². The maximum absolute atomic E-state index is 13.4. The molecule has 1 aromatic carbocycles. The molecule has 1 saturated carbocycles. The number of hydrogen-bond acceptors (Lipinski definition) is 4. The summed E-state index contributed by atoms with van der Waals surface area (Å²) in [6.07, 6.45) is 4.77. The maximum Gasteiger partial charge on any atom is 0.320 e. The Kier molecular flexibility index (Phi) is 6.98. The molecular formula is C25H38N4O2. The van der Waals surface area contributed by atoms with Gasteiger partial charge in [0.25, 0.3) is 0 Å². The number of nitrogens with zero attached hydrogens (tertiary/aromatic N) is 4. The van der Waals surface area contributed by atoms with Crippen LogP contribution in [0.1, 0.15) is 51.5 Å². The molecule has 0 aromatic heterocycles. The SMILES string of the molecule is COCCCN1C(=O)N(CC(C)(C)C#N)C[C@]12CC[C@](c1ccccc1)(N(C)C)CC2. The van der Waals surface area contributed by atoms with Gasteiger partial charge in [0.05, 0.1) is 17.0 Å². The molecule has 0 bridgehead atoms. The fourth-order valence-corrected chi connectivity index (χ4v) is 5.52. The minimum Gasteiger partial charge on any atom is -0.385 e. The molecule has 2 amide bonds. The Morgan fingerprint density at radius 1 is 1.16 bits per heavy atom. The minimum absolute atomic E-state index is 0.00684. The molecule has 2 aliphatic rings. The second kappa shape index (κ2) is 9.18. The summed E-state index contributed by atoms with van der Waals surface area (Å²) < 4.78 is 5.26. The van der Waals surface area contributed by atoms with Crippen molar-refractivity contribution in [1.29, 1.82) is 5.26 Å². The predicted octanol–water partition coefficient (Wildman–Crippen LogP) is 4.08. The molecule has 3 rings (SSSR count). The van der Waals surface area contributed by atoms with Crippen LogP contribution in [0, 0.1) is 16.7 Å². The topological polar surface area (TPSA) is 59.8 Å². The summed E-state index contributed by atoms with van der Waals surface area (Å²) in [6.45, 7) is 6.36. The summed E-state index contributed by atoms with van der Waals surface area (Å²) >= 11 is 0. The van der Waals surface area contributed by atoms with Crippen LogP contribution >= 0.6 is 0 Å². The fraction of sp³-hybridized carbons (Fsp3) is 0.680. The lowest BCUT2D eigenvalue weighted by Gasteiger charge is -2.51. The van der Waals surface area contributed by atoms with Gasteiger partial charge in [-0.1, -0.05) is 30.3 Å². The first-order valence-corrected chi connectivity index (χ1v) is 11.4. The van der Waals surface area contributed by atoms with E-state index >= 15 is 0 Å². The fourth-order valence-electron chi connectivity index (χ4n) is 5.52. The van der Waals surface area contributed by atoms with Gasteiger partial charge in [0.2, 0.25) is 0 Å². The van der Waals surface area contributed by atoms with E-state index < -0.39 is 5.41 Å². The molecule has 0 unspecified atom stereocenters. The zero-order valence-corrected chi connectivity index (χ0v) is 19.9. The number of urea groups is 1. The van der Waals surface area contributed by atoms with Crippen molar-refractivity contribution in [3.05, 3.63) is 35.9 Å². The van der Waals surface area contributed by atoms with E-state index in [1.165, 1.54) is 5.56 Å². The van der Waals surface area contributed by atoms with Gasteiger partial charge >= 0.3 is 6.03 Å². The highest BCUT2D eigenvalue weighted by atomic mass is 16.5. The van der Waals surface area contributed by atoms with Gasteiger partial charge in [0.1, 0.15) is 0 Å². The number of ether oxygens (including phenoxy) is 1. The van der Waals surface area contributed by atoms with Gasteiger partial charge in [-0.3, -0.25) is 4.90 Å². The van der Waals surface area contributed by atoms with Crippen LogP contribution in [0.25, 0.3) is 0 Å². The van der Waals surface area contributed by atoms with Crippen LogP contribution in [0.4, 0.5) is 4.79 Å². The van der Waals surface area contributed by atoms with Crippen molar-refractivity contribution in [2.45, 2.75) is 57.0 Å². The number of benzene rings is 1. The van der Waals surface area contributed by atoms with Crippen molar-refractivity contribution in [2.24, 2.45) is 5.41 Å². The number of carbonyl (C=O) groups is 1. The van der Waals surface area contributed by atoms with E-state index in [1.54, 1.807) is 7.11 Å². The van der Waals surface area contributed by atoms with Crippen molar-refractivity contribution < 1.29 is 9.53 Å². The molecule has 170 valence electrons. The lowest BCUT2D eigenvalue weighted by Crippen LogP contribution is -2.55. The first-order valence-electron chi connectivity index (χ1n) is 11.4. The average Bonchev–Trinajstić information content (AvgIpc) is 3.00. The Labute approximate surface area is 187 Å². The van der Waals surface area contributed by atoms with E-state index in [9.17, 15) is 10.1 Å². The summed E-state index contributed by atoms with van der Waals surface area (Å²) in [5.74, 6) is 0. The zero-order valence-electron chi connectivity index (χ0n) is 19.9. The number of nitriles is 1. The highest BCUT2D eigenvalue weighted by Crippen LogP contribution is 2.49. The van der Waals surface area contributed by atoms with E-state index in [0.29, 0.717) is 26.2 Å². The minimum atomic E-state index is -0.550. The highest BCUT2D eigenvalue weighted by molar-refractivity contribution is 5.78. The van der Waals surface area contributed by atoms with Crippen LogP contribution in [0.5, 0.6) is 0 Å². The largest absolute Gasteiger partial charge is 0.385 e. The van der Waals surface area contributed by atoms with Crippen LogP contribution in [0.3, 0.4) is 0 Å². The maximum atomic E-state index is 13.4. The molecular weight excluding hydrogens is 388 g/mol. The molecule has 6 nitrogen and oxygen atoms in total. The summed E-state index contributed by atoms with van der Waals surface area (Å²) in [7, 11) is 6.04. The molecule has 1 aliphatic carbocycles. The van der Waals surface area contributed by atoms with E-state index in [1.807, 2.05) is 18.7 Å². The van der Waals surface area contributed by atoms with Crippen molar-refractivity contribution in [3.63, 3.8) is 0 Å². The molecule has 1 aliphatic heterocycles. The molecule has 1 heterocycles. The zero-order chi connectivity index (χ0) is 22.7. The highest BCUT2D eigenvalue weighted by Gasteiger charge is 2.54. The third kappa shape index (κ3) is 4.58. The van der Waals surface area contributed by atoms with Gasteiger partial charge in [-0.05, 0) is 65.6 Å². The van der Waals surface area contributed by atoms with Crippen molar-refractivity contribution >= 4 is 6.03 Å². The molecule has 0 atom stereocenters. The molecule has 1 spiro atoms. The molecule has 1 saturated heterocycles. The third-order valence-corrected chi connectivity index (χ3v) is 7.35. The molecule has 31 heavy (non-hydrogen) atoms. The molecule has 0 radical (unpaired) electrons. The molecule has 0 N–H and O–H groups in total. The quantitative estimate of drug-likeness (QED) is 0.588. The standard InChI is InChI=1S/C25H38N4O2/c1-23(2,18-26)19-28-20-24(29(22(28)30)16-9-17-31-5)12-14-25(15-13-24,27(3)4)21-10-7-6-8-11-21/h6-8,10-11H,9,12-17,19-20H2,1-5H3/t24-,25+. The molecule has 2 fully saturated rings. The lowest BCUT2D eigenvalue weighted by atomic mass is 9.68. The number of carbonyl (C=O) groups excluding carboxylic acids is 1. The Balaban J connectivity index is 1.86. The smallest absolute Gasteiger partial charge is 0.320 e. The number of amides is 2. The Morgan fingerprint density at radius 2 is 1.81 bits per heavy atom. The van der Waals surface area contributed by atoms with Crippen LogP contribution in [-0.4, -0.2) is 73.7 Å². The van der Waals surface area contributed by atoms with E-state index in [4.69, 9.17) is 4.74 Å². The second-order valence-corrected chi connectivity index (χ2v) is 10.1. The lowest BCUT2D eigenvalue weighted by molar-refractivity contribution is 0.0222. The van der Waals surface area contributed by atoms with Crippen LogP contribution < -0.4 is 0 Å². The third-order valence-electron chi connectivity index (χ3n) is 7.35. The van der Waals surface area contributed by atoms with Gasteiger partial charge in [-0.2, -0.15) is 5.26 Å². The van der Waals surface area contributed by atoms with Crippen molar-refractivity contribution in [1.82, 2.24) is 14.7 Å². The summed E-state index contributed by atoms with van der Waals surface area (Å²) in [4.78, 5) is 19.8. The Bertz CT molecular complexity index is 791. The summed E-state index contributed by atoms with van der Waals surface area (Å²) in [5, 5.41) is 9.51. The first-order chi connectivity index (χ1) is 14.7.